The second kappa shape index (κ2) is 9.00. The Balaban J connectivity index is 1.63. The third-order valence-corrected chi connectivity index (χ3v) is 5.00. The van der Waals surface area contributed by atoms with Gasteiger partial charge in [-0.1, -0.05) is 6.07 Å². The van der Waals surface area contributed by atoms with Crippen LogP contribution in [0, 0.1) is 0 Å². The Morgan fingerprint density at radius 1 is 1.23 bits per heavy atom. The quantitative estimate of drug-likeness (QED) is 0.833. The van der Waals surface area contributed by atoms with Gasteiger partial charge in [0.1, 0.15) is 0 Å². The van der Waals surface area contributed by atoms with Gasteiger partial charge in [-0.05, 0) is 37.5 Å². The van der Waals surface area contributed by atoms with Gasteiger partial charge in [0.2, 0.25) is 0 Å². The van der Waals surface area contributed by atoms with Crippen molar-refractivity contribution in [3.8, 4) is 0 Å². The molecule has 2 heterocycles. The first kappa shape index (κ1) is 18.7. The number of nitrogens with one attached hydrogen (secondary N) is 1. The zero-order valence-corrected chi connectivity index (χ0v) is 15.3. The lowest BCUT2D eigenvalue weighted by molar-refractivity contribution is 0.0229. The molecule has 0 spiro atoms. The van der Waals surface area contributed by atoms with Gasteiger partial charge in [0.05, 0.1) is 25.9 Å². The average Bonchev–Trinajstić information content (AvgIpc) is 2.68. The number of urea groups is 1. The number of rotatable bonds is 4. The van der Waals surface area contributed by atoms with E-state index in [1.807, 2.05) is 4.90 Å². The number of carbonyl (C=O) groups excluding carboxylic acids is 2. The Kier molecular flexibility index (Phi) is 6.46. The molecule has 0 bridgehead atoms. The summed E-state index contributed by atoms with van der Waals surface area (Å²) in [4.78, 5) is 28.8. The highest BCUT2D eigenvalue weighted by molar-refractivity contribution is 5.94. The largest absolute Gasteiger partial charge is 0.465 e. The van der Waals surface area contributed by atoms with E-state index in [0.29, 0.717) is 11.3 Å². The van der Waals surface area contributed by atoms with Crippen molar-refractivity contribution in [2.45, 2.75) is 25.3 Å². The Bertz CT molecular complexity index is 631. The summed E-state index contributed by atoms with van der Waals surface area (Å²) in [5.74, 6) is -0.413. The number of hydrogen-bond donors (Lipinski definition) is 1. The van der Waals surface area contributed by atoms with Crippen LogP contribution in [-0.4, -0.2) is 74.3 Å². The third-order valence-electron chi connectivity index (χ3n) is 5.00. The normalized spacial score (nSPS) is 21.3. The molecule has 2 aliphatic rings. The van der Waals surface area contributed by atoms with Crippen LogP contribution in [0.3, 0.4) is 0 Å². The number of methoxy groups -OCH3 is 1. The smallest absolute Gasteiger partial charge is 0.337 e. The van der Waals surface area contributed by atoms with E-state index in [1.54, 1.807) is 24.3 Å². The second-order valence-corrected chi connectivity index (χ2v) is 6.76. The molecule has 2 saturated heterocycles. The molecule has 0 aromatic heterocycles. The summed E-state index contributed by atoms with van der Waals surface area (Å²) >= 11 is 0. The molecule has 7 heteroatoms. The first-order chi connectivity index (χ1) is 12.7. The van der Waals surface area contributed by atoms with E-state index in [0.717, 1.165) is 58.7 Å². The van der Waals surface area contributed by atoms with Crippen LogP contribution in [0.5, 0.6) is 0 Å². The predicted molar refractivity (Wildman–Crippen MR) is 98.4 cm³/mol. The number of likely N-dealkylation sites (tertiary alicyclic amines) is 1. The number of carbonyl (C=O) groups is 2. The molecule has 0 saturated carbocycles. The monoisotopic (exact) mass is 361 g/mol. The topological polar surface area (TPSA) is 71.1 Å². The van der Waals surface area contributed by atoms with Gasteiger partial charge in [-0.15, -0.1) is 0 Å². The number of hydrogen-bond acceptors (Lipinski definition) is 5. The number of piperidine rings is 1. The van der Waals surface area contributed by atoms with Crippen LogP contribution in [-0.2, 0) is 9.47 Å². The van der Waals surface area contributed by atoms with Gasteiger partial charge in [0.15, 0.2) is 0 Å². The molecule has 1 unspecified atom stereocenters. The van der Waals surface area contributed by atoms with Crippen LogP contribution < -0.4 is 5.32 Å². The molecule has 1 N–H and O–H groups in total. The van der Waals surface area contributed by atoms with Crippen molar-refractivity contribution in [2.75, 3.05) is 51.8 Å². The van der Waals surface area contributed by atoms with E-state index in [9.17, 15) is 9.59 Å². The minimum atomic E-state index is -0.413. The number of esters is 1. The molecule has 1 aromatic rings. The third kappa shape index (κ3) is 4.74. The van der Waals surface area contributed by atoms with E-state index in [2.05, 4.69) is 10.2 Å². The molecule has 1 atom stereocenters. The van der Waals surface area contributed by atoms with Crippen LogP contribution in [0.25, 0.3) is 0 Å². The molecule has 1 aromatic carbocycles. The van der Waals surface area contributed by atoms with Gasteiger partial charge in [0, 0.05) is 37.9 Å². The van der Waals surface area contributed by atoms with Crippen LogP contribution in [0.1, 0.15) is 29.6 Å². The number of amides is 2. The lowest BCUT2D eigenvalue weighted by Gasteiger charge is -2.39. The maximum absolute atomic E-state index is 12.8. The maximum atomic E-state index is 12.8. The van der Waals surface area contributed by atoms with Crippen molar-refractivity contribution in [1.82, 2.24) is 9.80 Å². The van der Waals surface area contributed by atoms with E-state index in [-0.39, 0.29) is 12.1 Å². The fraction of sp³-hybridized carbons (Fsp3) is 0.579. The van der Waals surface area contributed by atoms with E-state index in [1.165, 1.54) is 7.11 Å². The number of ether oxygens (including phenoxy) is 2. The SMILES string of the molecule is COC(=O)c1cccc(NC(=O)N2CCCCC2CN2CCOCC2)c1. The Hall–Kier alpha value is -2.12. The van der Waals surface area contributed by atoms with Crippen molar-refractivity contribution in [2.24, 2.45) is 0 Å². The number of anilines is 1. The molecule has 26 heavy (non-hydrogen) atoms. The minimum Gasteiger partial charge on any atom is -0.465 e. The summed E-state index contributed by atoms with van der Waals surface area (Å²) in [6.07, 6.45) is 3.19. The first-order valence-electron chi connectivity index (χ1n) is 9.23. The number of benzene rings is 1. The molecule has 0 aliphatic carbocycles. The van der Waals surface area contributed by atoms with Crippen LogP contribution in [0.4, 0.5) is 10.5 Å². The van der Waals surface area contributed by atoms with Gasteiger partial charge < -0.3 is 19.7 Å². The Morgan fingerprint density at radius 3 is 2.81 bits per heavy atom. The summed E-state index contributed by atoms with van der Waals surface area (Å²) in [7, 11) is 1.34. The predicted octanol–water partition coefficient (Wildman–Crippen LogP) is 2.19. The van der Waals surface area contributed by atoms with Gasteiger partial charge in [-0.2, -0.15) is 0 Å². The molecule has 3 rings (SSSR count). The van der Waals surface area contributed by atoms with E-state index >= 15 is 0 Å². The maximum Gasteiger partial charge on any atom is 0.337 e. The summed E-state index contributed by atoms with van der Waals surface area (Å²) in [6.45, 7) is 5.02. The van der Waals surface area contributed by atoms with Gasteiger partial charge in [0.25, 0.3) is 0 Å². The van der Waals surface area contributed by atoms with E-state index in [4.69, 9.17) is 9.47 Å². The first-order valence-corrected chi connectivity index (χ1v) is 9.23. The summed E-state index contributed by atoms with van der Waals surface area (Å²) < 4.78 is 10.1. The molecule has 2 aliphatic heterocycles. The molecule has 142 valence electrons. The minimum absolute atomic E-state index is 0.107. The van der Waals surface area contributed by atoms with Crippen molar-refractivity contribution >= 4 is 17.7 Å². The zero-order valence-electron chi connectivity index (χ0n) is 15.3. The van der Waals surface area contributed by atoms with Crippen molar-refractivity contribution in [1.29, 1.82) is 0 Å². The molecular weight excluding hydrogens is 334 g/mol. The molecular formula is C19H27N3O4. The summed E-state index contributed by atoms with van der Waals surface area (Å²) in [5.41, 5.74) is 1.03. The molecule has 0 radical (unpaired) electrons. The average molecular weight is 361 g/mol. The highest BCUT2D eigenvalue weighted by Gasteiger charge is 2.29. The van der Waals surface area contributed by atoms with Crippen LogP contribution in [0.15, 0.2) is 24.3 Å². The number of morpholine rings is 1. The second-order valence-electron chi connectivity index (χ2n) is 6.76. The van der Waals surface area contributed by atoms with Crippen molar-refractivity contribution < 1.29 is 19.1 Å². The summed E-state index contributed by atoms with van der Waals surface area (Å²) in [6, 6.07) is 6.94. The molecule has 7 nitrogen and oxygen atoms in total. The fourth-order valence-corrected chi connectivity index (χ4v) is 3.58. The van der Waals surface area contributed by atoms with Crippen LogP contribution in [0.2, 0.25) is 0 Å². The van der Waals surface area contributed by atoms with Crippen LogP contribution >= 0.6 is 0 Å². The molecule has 2 amide bonds. The highest BCUT2D eigenvalue weighted by Crippen LogP contribution is 2.20. The molecule has 2 fully saturated rings. The highest BCUT2D eigenvalue weighted by atomic mass is 16.5. The number of nitrogens with zero attached hydrogens (tertiary/aromatic N) is 2. The van der Waals surface area contributed by atoms with Crippen molar-refractivity contribution in [3.05, 3.63) is 29.8 Å². The lowest BCUT2D eigenvalue weighted by Crippen LogP contribution is -2.52. The van der Waals surface area contributed by atoms with Gasteiger partial charge in [-0.25, -0.2) is 9.59 Å². The fourth-order valence-electron chi connectivity index (χ4n) is 3.58. The van der Waals surface area contributed by atoms with Gasteiger partial charge >= 0.3 is 12.0 Å². The van der Waals surface area contributed by atoms with Gasteiger partial charge in [-0.3, -0.25) is 4.90 Å². The Morgan fingerprint density at radius 2 is 2.04 bits per heavy atom. The van der Waals surface area contributed by atoms with Crippen molar-refractivity contribution in [3.63, 3.8) is 0 Å². The summed E-state index contributed by atoms with van der Waals surface area (Å²) in [5, 5.41) is 2.93. The zero-order chi connectivity index (χ0) is 18.4. The lowest BCUT2D eigenvalue weighted by atomic mass is 10.0. The Labute approximate surface area is 154 Å². The van der Waals surface area contributed by atoms with E-state index < -0.39 is 5.97 Å². The standard InChI is InChI=1S/C19H27N3O4/c1-25-18(23)15-5-4-6-16(13-15)20-19(24)22-8-3-2-7-17(22)14-21-9-11-26-12-10-21/h4-6,13,17H,2-3,7-12,14H2,1H3,(H,20,24).